The van der Waals surface area contributed by atoms with Gasteiger partial charge >= 0.3 is 12.8 Å². The van der Waals surface area contributed by atoms with Crippen molar-refractivity contribution in [3.05, 3.63) is 53.1 Å². The Morgan fingerprint density at radius 3 is 2.46 bits per heavy atom. The fraction of sp³-hybridized carbons (Fsp3) is 0.381. The molecule has 1 heterocycles. The molecule has 1 unspecified atom stereocenters. The van der Waals surface area contributed by atoms with Gasteiger partial charge in [-0.3, -0.25) is 4.79 Å². The van der Waals surface area contributed by atoms with E-state index in [0.717, 1.165) is 37.4 Å². The molecule has 0 aliphatic rings. The normalized spacial score (nSPS) is 14.9. The molecule has 0 saturated carbocycles. The van der Waals surface area contributed by atoms with Crippen molar-refractivity contribution in [3.8, 4) is 5.75 Å². The Kier molecular flexibility index (Phi) is 8.52. The number of carbonyl (C=O) groups is 1. The van der Waals surface area contributed by atoms with E-state index in [4.69, 9.17) is 5.73 Å². The number of ether oxygens (including phenoxy) is 2. The summed E-state index contributed by atoms with van der Waals surface area (Å²) in [5.74, 6) is -2.06. The van der Waals surface area contributed by atoms with Crippen LogP contribution in [0.5, 0.6) is 5.75 Å². The summed E-state index contributed by atoms with van der Waals surface area (Å²) in [6.45, 7) is -1.32. The smallest absolute Gasteiger partial charge is 0.425 e. The Balaban J connectivity index is 2.31. The number of aromatic nitrogens is 1. The van der Waals surface area contributed by atoms with Crippen molar-refractivity contribution < 1.29 is 45.0 Å². The molecule has 1 amide bonds. The fourth-order valence-corrected chi connectivity index (χ4v) is 2.84. The van der Waals surface area contributed by atoms with Gasteiger partial charge in [-0.25, -0.2) is 18.8 Å². The first kappa shape index (κ1) is 27.7. The molecule has 35 heavy (non-hydrogen) atoms. The van der Waals surface area contributed by atoms with Crippen LogP contribution in [0.25, 0.3) is 0 Å². The highest BCUT2D eigenvalue weighted by molar-refractivity contribution is 6.03. The first-order valence-electron chi connectivity index (χ1n) is 9.83. The molecule has 0 bridgehead atoms. The van der Waals surface area contributed by atoms with Gasteiger partial charge in [0.25, 0.3) is 11.9 Å². The number of halogens is 7. The largest absolute Gasteiger partial charge is 0.453 e. The first-order valence-corrected chi connectivity index (χ1v) is 9.83. The lowest BCUT2D eigenvalue weighted by molar-refractivity contribution is -0.193. The summed E-state index contributed by atoms with van der Waals surface area (Å²) in [5, 5.41) is 2.39. The third kappa shape index (κ3) is 7.20. The van der Waals surface area contributed by atoms with E-state index in [2.05, 4.69) is 24.8 Å². The van der Waals surface area contributed by atoms with Gasteiger partial charge in [-0.1, -0.05) is 0 Å². The van der Waals surface area contributed by atoms with Crippen molar-refractivity contribution in [1.82, 2.24) is 4.98 Å². The maximum absolute atomic E-state index is 14.5. The van der Waals surface area contributed by atoms with Crippen molar-refractivity contribution >= 4 is 17.6 Å². The molecule has 14 heteroatoms. The molecule has 1 aromatic carbocycles. The Morgan fingerprint density at radius 1 is 1.26 bits per heavy atom. The van der Waals surface area contributed by atoms with E-state index < -0.39 is 54.4 Å². The maximum Gasteiger partial charge on any atom is 0.425 e. The van der Waals surface area contributed by atoms with E-state index in [1.54, 1.807) is 0 Å². The molecule has 0 aliphatic carbocycles. The molecule has 3 N–H and O–H groups in total. The minimum Gasteiger partial charge on any atom is -0.453 e. The molecular weight excluding hydrogens is 489 g/mol. The minimum absolute atomic E-state index is 0.0430. The quantitative estimate of drug-likeness (QED) is 0.301. The van der Waals surface area contributed by atoms with E-state index in [1.807, 2.05) is 0 Å². The number of hydrogen-bond donors (Lipinski definition) is 2. The van der Waals surface area contributed by atoms with Crippen LogP contribution in [0.2, 0.25) is 0 Å². The predicted octanol–water partition coefficient (Wildman–Crippen LogP) is 4.85. The van der Waals surface area contributed by atoms with Crippen LogP contribution in [-0.2, 0) is 10.3 Å². The monoisotopic (exact) mass is 510 g/mol. The Morgan fingerprint density at radius 2 is 1.91 bits per heavy atom. The second kappa shape index (κ2) is 10.8. The number of carbonyl (C=O) groups excluding carboxylic acids is 1. The number of nitrogens with one attached hydrogen (secondary N) is 1. The molecule has 2 rings (SSSR count). The van der Waals surface area contributed by atoms with Crippen LogP contribution in [-0.4, -0.2) is 42.5 Å². The van der Waals surface area contributed by atoms with E-state index in [1.165, 1.54) is 6.92 Å². The fourth-order valence-electron chi connectivity index (χ4n) is 2.84. The zero-order valence-corrected chi connectivity index (χ0v) is 18.6. The van der Waals surface area contributed by atoms with Gasteiger partial charge in [0.2, 0.25) is 0 Å². The Hall–Kier alpha value is -3.58. The van der Waals surface area contributed by atoms with Gasteiger partial charge in [0.1, 0.15) is 29.5 Å². The topological polar surface area (TPSA) is 98.8 Å². The highest BCUT2D eigenvalue weighted by Crippen LogP contribution is 2.32. The number of rotatable bonds is 8. The number of nitrogens with zero attached hydrogens (tertiary/aromatic N) is 2. The average Bonchev–Trinajstić information content (AvgIpc) is 2.73. The van der Waals surface area contributed by atoms with Crippen molar-refractivity contribution in [1.29, 1.82) is 0 Å². The van der Waals surface area contributed by atoms with Gasteiger partial charge in [0, 0.05) is 11.3 Å². The van der Waals surface area contributed by atoms with Crippen LogP contribution >= 0.6 is 0 Å². The lowest BCUT2D eigenvalue weighted by Crippen LogP contribution is -2.36. The molecule has 0 radical (unpaired) electrons. The molecular formula is C21H21F7N4O3. The van der Waals surface area contributed by atoms with E-state index in [9.17, 15) is 35.5 Å². The number of nitrogens with two attached hydrogens (primary N) is 1. The van der Waals surface area contributed by atoms with Gasteiger partial charge < -0.3 is 20.5 Å². The van der Waals surface area contributed by atoms with Crippen molar-refractivity contribution in [3.63, 3.8) is 0 Å². The predicted molar refractivity (Wildman–Crippen MR) is 112 cm³/mol. The number of aryl methyl sites for hydroxylation is 1. The maximum atomic E-state index is 14.5. The molecule has 7 nitrogen and oxygen atoms in total. The SMILES string of the molecule is Cc1cc(OC(F)F)cnc1C(=O)Nc1ccc(F)c(C(C)(CF)N=C(N)O[C@@H](C)C(F)(F)F)c1. The molecule has 0 saturated heterocycles. The highest BCUT2D eigenvalue weighted by atomic mass is 19.4. The van der Waals surface area contributed by atoms with Crippen LogP contribution in [0.3, 0.4) is 0 Å². The standard InChI is InChI=1S/C21H21F7N4O3/c1-10-6-13(35-18(24)25)8-30-16(10)17(33)31-12-4-5-15(23)14(7-12)20(3,9-22)32-19(29)34-11(2)21(26,27)28/h4-8,11,18H,9H2,1-3H3,(H2,29,32)(H,31,33)/t11-,20?/m0/s1. The van der Waals surface area contributed by atoms with Crippen molar-refractivity contribution in [2.45, 2.75) is 45.2 Å². The zero-order chi connectivity index (χ0) is 26.6. The molecule has 192 valence electrons. The Labute approximate surface area is 195 Å². The molecule has 0 aliphatic heterocycles. The number of amidine groups is 1. The van der Waals surface area contributed by atoms with Gasteiger partial charge in [0.05, 0.1) is 6.20 Å². The number of benzene rings is 1. The molecule has 0 fully saturated rings. The third-order valence-electron chi connectivity index (χ3n) is 4.67. The first-order chi connectivity index (χ1) is 16.2. The summed E-state index contributed by atoms with van der Waals surface area (Å²) in [7, 11) is 0. The average molecular weight is 510 g/mol. The summed E-state index contributed by atoms with van der Waals surface area (Å²) in [5.41, 5.74) is 2.82. The number of hydrogen-bond acceptors (Lipinski definition) is 5. The lowest BCUT2D eigenvalue weighted by Gasteiger charge is -2.25. The van der Waals surface area contributed by atoms with Crippen molar-refractivity contribution in [2.24, 2.45) is 10.7 Å². The second-order valence-corrected chi connectivity index (χ2v) is 7.52. The van der Waals surface area contributed by atoms with E-state index in [0.29, 0.717) is 6.92 Å². The lowest BCUT2D eigenvalue weighted by atomic mass is 9.93. The number of anilines is 1. The minimum atomic E-state index is -4.77. The van der Waals surface area contributed by atoms with Gasteiger partial charge in [-0.05, 0) is 50.6 Å². The van der Waals surface area contributed by atoms with Gasteiger partial charge in [0.15, 0.2) is 6.10 Å². The summed E-state index contributed by atoms with van der Waals surface area (Å²) in [4.78, 5) is 19.9. The molecule has 2 aromatic rings. The van der Waals surface area contributed by atoms with Crippen molar-refractivity contribution in [2.75, 3.05) is 12.0 Å². The summed E-state index contributed by atoms with van der Waals surface area (Å²) in [6.07, 6.45) is -6.21. The highest BCUT2D eigenvalue weighted by Gasteiger charge is 2.39. The number of pyridine rings is 1. The number of aliphatic imine (C=N–C) groups is 1. The van der Waals surface area contributed by atoms with E-state index in [-0.39, 0.29) is 22.7 Å². The molecule has 1 aromatic heterocycles. The zero-order valence-electron chi connectivity index (χ0n) is 18.6. The van der Waals surface area contributed by atoms with Crippen LogP contribution < -0.4 is 15.8 Å². The van der Waals surface area contributed by atoms with Crippen LogP contribution in [0.4, 0.5) is 36.4 Å². The summed E-state index contributed by atoms with van der Waals surface area (Å²) >= 11 is 0. The Bertz CT molecular complexity index is 1100. The molecule has 0 spiro atoms. The van der Waals surface area contributed by atoms with Gasteiger partial charge in [-0.15, -0.1) is 0 Å². The third-order valence-corrected chi connectivity index (χ3v) is 4.67. The van der Waals surface area contributed by atoms with Crippen LogP contribution in [0.15, 0.2) is 35.5 Å². The van der Waals surface area contributed by atoms with E-state index >= 15 is 0 Å². The van der Waals surface area contributed by atoms with Gasteiger partial charge in [-0.2, -0.15) is 22.0 Å². The number of amides is 1. The molecule has 2 atom stereocenters. The number of alkyl halides is 6. The van der Waals surface area contributed by atoms with Crippen LogP contribution in [0, 0.1) is 12.7 Å². The summed E-state index contributed by atoms with van der Waals surface area (Å²) < 4.78 is 99.8. The van der Waals surface area contributed by atoms with Crippen LogP contribution in [0.1, 0.15) is 35.5 Å². The second-order valence-electron chi connectivity index (χ2n) is 7.52. The summed E-state index contributed by atoms with van der Waals surface area (Å²) in [6, 6.07) is 3.16.